The lowest BCUT2D eigenvalue weighted by Crippen LogP contribution is -2.35. The highest BCUT2D eigenvalue weighted by Gasteiger charge is 2.22. The van der Waals surface area contributed by atoms with Crippen molar-refractivity contribution in [2.45, 2.75) is 32.1 Å². The Hall–Kier alpha value is -1.37. The van der Waals surface area contributed by atoms with E-state index in [1.807, 2.05) is 12.1 Å². The van der Waals surface area contributed by atoms with Crippen LogP contribution in [0.4, 0.5) is 5.69 Å². The van der Waals surface area contributed by atoms with Gasteiger partial charge in [0.1, 0.15) is 5.78 Å². The molecular weight excluding hydrogens is 469 g/mol. The maximum absolute atomic E-state index is 12.7. The van der Waals surface area contributed by atoms with Crippen molar-refractivity contribution < 1.29 is 9.53 Å². The van der Waals surface area contributed by atoms with Crippen molar-refractivity contribution >= 4 is 46.3 Å². The minimum Gasteiger partial charge on any atom is -0.384 e. The van der Waals surface area contributed by atoms with E-state index in [0.29, 0.717) is 26.7 Å². The van der Waals surface area contributed by atoms with Gasteiger partial charge in [-0.3, -0.25) is 9.78 Å². The molecule has 0 amide bonds. The zero-order chi connectivity index (χ0) is 22.5. The number of aromatic nitrogens is 1. The summed E-state index contributed by atoms with van der Waals surface area (Å²) in [5.74, 6) is 0.805. The van der Waals surface area contributed by atoms with Crippen LogP contribution in [0, 0.1) is 11.8 Å². The number of ketones is 1. The second kappa shape index (κ2) is 11.2. The Balaban J connectivity index is 1.53. The molecule has 32 heavy (non-hydrogen) atoms. The van der Waals surface area contributed by atoms with E-state index in [4.69, 9.17) is 39.5 Å². The predicted molar refractivity (Wildman–Crippen MR) is 131 cm³/mol. The van der Waals surface area contributed by atoms with E-state index in [-0.39, 0.29) is 18.1 Å². The van der Waals surface area contributed by atoms with Crippen LogP contribution in [0.25, 0.3) is 11.1 Å². The average Bonchev–Trinajstić information content (AvgIpc) is 2.81. The molecule has 2 saturated heterocycles. The number of nitrogens with zero attached hydrogens (tertiary/aromatic N) is 1. The van der Waals surface area contributed by atoms with E-state index in [1.54, 1.807) is 12.3 Å². The molecule has 0 unspecified atom stereocenters. The van der Waals surface area contributed by atoms with E-state index in [2.05, 4.69) is 15.6 Å². The number of carbonyl (C=O) groups excluding carboxylic acids is 1. The maximum atomic E-state index is 12.7. The van der Waals surface area contributed by atoms with Gasteiger partial charge in [-0.2, -0.15) is 0 Å². The fourth-order valence-electron chi connectivity index (χ4n) is 4.33. The maximum Gasteiger partial charge on any atom is 0.143 e. The van der Waals surface area contributed by atoms with Crippen molar-refractivity contribution in [3.8, 4) is 11.1 Å². The molecule has 1 aromatic heterocycles. The first-order chi connectivity index (χ1) is 15.5. The Morgan fingerprint density at radius 2 is 1.84 bits per heavy atom. The van der Waals surface area contributed by atoms with Crippen LogP contribution in [0.5, 0.6) is 0 Å². The number of nitrogens with one attached hydrogen (secondary N) is 2. The van der Waals surface area contributed by atoms with Crippen LogP contribution in [0.1, 0.15) is 31.4 Å². The van der Waals surface area contributed by atoms with E-state index in [1.165, 1.54) is 0 Å². The fourth-order valence-corrected chi connectivity index (χ4v) is 5.09. The fraction of sp³-hybridized carbons (Fsp3) is 0.500. The number of Topliss-reactive ketones (excluding diaryl/α,β-unsaturated/α-hetero) is 1. The van der Waals surface area contributed by atoms with Crippen molar-refractivity contribution in [2.24, 2.45) is 11.8 Å². The second-order valence-corrected chi connectivity index (χ2v) is 9.81. The van der Waals surface area contributed by atoms with Gasteiger partial charge in [0.05, 0.1) is 20.8 Å². The summed E-state index contributed by atoms with van der Waals surface area (Å²) in [5.41, 5.74) is 3.03. The molecule has 3 heterocycles. The number of benzene rings is 1. The SMILES string of the molecule is O=C(Cc1cc(-c2cc(NCC3CCOCC3)c(Cl)cc2Cl)c(Cl)cn1)[C@@H]1CCCNC1. The largest absolute Gasteiger partial charge is 0.384 e. The van der Waals surface area contributed by atoms with Gasteiger partial charge < -0.3 is 15.4 Å². The quantitative estimate of drug-likeness (QED) is 0.518. The van der Waals surface area contributed by atoms with Gasteiger partial charge in [0.2, 0.25) is 0 Å². The van der Waals surface area contributed by atoms with Gasteiger partial charge in [-0.05, 0) is 56.3 Å². The Labute approximate surface area is 204 Å². The van der Waals surface area contributed by atoms with Crippen molar-refractivity contribution in [1.29, 1.82) is 0 Å². The van der Waals surface area contributed by atoms with Crippen LogP contribution in [-0.2, 0) is 16.0 Å². The summed E-state index contributed by atoms with van der Waals surface area (Å²) in [7, 11) is 0. The molecule has 2 aliphatic rings. The molecule has 0 saturated carbocycles. The Kier molecular flexibility index (Phi) is 8.30. The van der Waals surface area contributed by atoms with Gasteiger partial charge in [-0.15, -0.1) is 0 Å². The molecular formula is C24H28Cl3N3O2. The van der Waals surface area contributed by atoms with Crippen LogP contribution in [-0.4, -0.2) is 43.6 Å². The average molecular weight is 497 g/mol. The molecule has 2 N–H and O–H groups in total. The molecule has 1 atom stereocenters. The lowest BCUT2D eigenvalue weighted by Gasteiger charge is -2.23. The normalized spacial score (nSPS) is 19.7. The standard InChI is InChI=1S/C24H28Cl3N3O2/c25-20-11-21(26)23(30-12-15-3-6-32-7-4-15)10-19(20)18-8-17(29-14-22(18)27)9-24(31)16-2-1-5-28-13-16/h8,10-11,14-16,28,30H,1-7,9,12-13H2/t16-/m1/s1. The molecule has 0 spiro atoms. The number of anilines is 1. The molecule has 0 radical (unpaired) electrons. The number of hydrogen-bond donors (Lipinski definition) is 2. The Morgan fingerprint density at radius 1 is 1.06 bits per heavy atom. The van der Waals surface area contributed by atoms with Crippen molar-refractivity contribution in [1.82, 2.24) is 10.3 Å². The molecule has 5 nitrogen and oxygen atoms in total. The van der Waals surface area contributed by atoms with Crippen molar-refractivity contribution in [3.63, 3.8) is 0 Å². The monoisotopic (exact) mass is 495 g/mol. The third-order valence-corrected chi connectivity index (χ3v) is 7.22. The van der Waals surface area contributed by atoms with Crippen LogP contribution >= 0.6 is 34.8 Å². The first-order valence-corrected chi connectivity index (χ1v) is 12.3. The zero-order valence-electron chi connectivity index (χ0n) is 17.9. The number of piperidine rings is 1. The summed E-state index contributed by atoms with van der Waals surface area (Å²) in [4.78, 5) is 17.1. The summed E-state index contributed by atoms with van der Waals surface area (Å²) in [6, 6.07) is 5.54. The summed E-state index contributed by atoms with van der Waals surface area (Å²) >= 11 is 19.5. The van der Waals surface area contributed by atoms with Gasteiger partial charge in [-0.25, -0.2) is 0 Å². The first kappa shape index (κ1) is 23.8. The highest BCUT2D eigenvalue weighted by atomic mass is 35.5. The van der Waals surface area contributed by atoms with E-state index in [9.17, 15) is 4.79 Å². The van der Waals surface area contributed by atoms with Crippen LogP contribution < -0.4 is 10.6 Å². The number of ether oxygens (including phenoxy) is 1. The van der Waals surface area contributed by atoms with Gasteiger partial charge in [0.25, 0.3) is 0 Å². The smallest absolute Gasteiger partial charge is 0.143 e. The number of halogens is 3. The van der Waals surface area contributed by atoms with E-state index >= 15 is 0 Å². The Bertz CT molecular complexity index is 958. The lowest BCUT2D eigenvalue weighted by molar-refractivity contribution is -0.122. The van der Waals surface area contributed by atoms with Crippen molar-refractivity contribution in [2.75, 3.05) is 38.2 Å². The number of pyridine rings is 1. The molecule has 172 valence electrons. The van der Waals surface area contributed by atoms with Crippen LogP contribution in [0.2, 0.25) is 15.1 Å². The van der Waals surface area contributed by atoms with Gasteiger partial charge in [-0.1, -0.05) is 34.8 Å². The second-order valence-electron chi connectivity index (χ2n) is 8.59. The molecule has 1 aromatic carbocycles. The molecule has 2 fully saturated rings. The first-order valence-electron chi connectivity index (χ1n) is 11.2. The van der Waals surface area contributed by atoms with Gasteiger partial charge >= 0.3 is 0 Å². The van der Waals surface area contributed by atoms with Gasteiger partial charge in [0, 0.05) is 61.7 Å². The van der Waals surface area contributed by atoms with Gasteiger partial charge in [0.15, 0.2) is 0 Å². The molecule has 2 aliphatic heterocycles. The van der Waals surface area contributed by atoms with Crippen molar-refractivity contribution in [3.05, 3.63) is 45.2 Å². The Morgan fingerprint density at radius 3 is 2.59 bits per heavy atom. The number of rotatable bonds is 7. The summed E-state index contributed by atoms with van der Waals surface area (Å²) in [6.45, 7) is 4.15. The third kappa shape index (κ3) is 5.95. The zero-order valence-corrected chi connectivity index (χ0v) is 20.2. The molecule has 0 aliphatic carbocycles. The highest BCUT2D eigenvalue weighted by Crippen LogP contribution is 2.39. The summed E-state index contributed by atoms with van der Waals surface area (Å²) in [5, 5.41) is 8.32. The molecule has 0 bridgehead atoms. The highest BCUT2D eigenvalue weighted by molar-refractivity contribution is 6.39. The topological polar surface area (TPSA) is 63.2 Å². The number of hydrogen-bond acceptors (Lipinski definition) is 5. The lowest BCUT2D eigenvalue weighted by atomic mass is 9.92. The van der Waals surface area contributed by atoms with E-state index < -0.39 is 0 Å². The molecule has 8 heteroatoms. The summed E-state index contributed by atoms with van der Waals surface area (Å²) in [6.07, 6.45) is 5.91. The minimum atomic E-state index is 0.0461. The number of carbonyl (C=O) groups is 1. The van der Waals surface area contributed by atoms with Crippen LogP contribution in [0.3, 0.4) is 0 Å². The molecule has 2 aromatic rings. The van der Waals surface area contributed by atoms with Crippen LogP contribution in [0.15, 0.2) is 24.4 Å². The third-order valence-electron chi connectivity index (χ3n) is 6.29. The minimum absolute atomic E-state index is 0.0461. The molecule has 4 rings (SSSR count). The summed E-state index contributed by atoms with van der Waals surface area (Å²) < 4.78 is 5.44. The predicted octanol–water partition coefficient (Wildman–Crippen LogP) is 5.66. The van der Waals surface area contributed by atoms with E-state index in [0.717, 1.165) is 75.3 Å².